The van der Waals surface area contributed by atoms with Gasteiger partial charge in [0.1, 0.15) is 0 Å². The Balaban J connectivity index is 1.82. The second kappa shape index (κ2) is 6.11. The van der Waals surface area contributed by atoms with Gasteiger partial charge in [-0.3, -0.25) is 4.90 Å². The Hall–Kier alpha value is -0.120. The van der Waals surface area contributed by atoms with Gasteiger partial charge in [-0.2, -0.15) is 0 Å². The number of likely N-dealkylation sites (tertiary alicyclic amines) is 1. The van der Waals surface area contributed by atoms with E-state index in [-0.39, 0.29) is 0 Å². The fourth-order valence-corrected chi connectivity index (χ4v) is 3.55. The van der Waals surface area contributed by atoms with Gasteiger partial charge < -0.3 is 9.80 Å². The summed E-state index contributed by atoms with van der Waals surface area (Å²) in [7, 11) is 2.25. The van der Waals surface area contributed by atoms with Gasteiger partial charge in [0.05, 0.1) is 0 Å². The van der Waals surface area contributed by atoms with Crippen LogP contribution in [0, 0.1) is 5.41 Å². The van der Waals surface area contributed by atoms with E-state index in [0.717, 1.165) is 0 Å². The number of likely N-dealkylation sites (N-methyl/N-ethyl adjacent to an activating group) is 1. The van der Waals surface area contributed by atoms with E-state index in [2.05, 4.69) is 49.4 Å². The van der Waals surface area contributed by atoms with Crippen LogP contribution in [0.15, 0.2) is 0 Å². The SMILES string of the molecule is CC1CN(CC2(C)CCN(C(C)C)CC2)CCN1C. The van der Waals surface area contributed by atoms with Crippen molar-refractivity contribution in [1.82, 2.24) is 14.7 Å². The Labute approximate surface area is 119 Å². The molecule has 0 N–H and O–H groups in total. The molecule has 2 fully saturated rings. The van der Waals surface area contributed by atoms with Crippen LogP contribution in [0.5, 0.6) is 0 Å². The van der Waals surface area contributed by atoms with Crippen LogP contribution < -0.4 is 0 Å². The second-order valence-electron chi connectivity index (χ2n) is 7.51. The van der Waals surface area contributed by atoms with Crippen LogP contribution in [0.4, 0.5) is 0 Å². The van der Waals surface area contributed by atoms with Crippen LogP contribution in [-0.2, 0) is 0 Å². The molecule has 2 saturated heterocycles. The summed E-state index contributed by atoms with van der Waals surface area (Å²) >= 11 is 0. The first-order chi connectivity index (χ1) is 8.89. The van der Waals surface area contributed by atoms with Gasteiger partial charge in [-0.25, -0.2) is 0 Å². The summed E-state index contributed by atoms with van der Waals surface area (Å²) in [5.74, 6) is 0. The summed E-state index contributed by atoms with van der Waals surface area (Å²) in [5, 5.41) is 0. The Kier molecular flexibility index (Phi) is 4.91. The molecule has 2 rings (SSSR count). The van der Waals surface area contributed by atoms with Gasteiger partial charge >= 0.3 is 0 Å². The molecule has 0 aromatic rings. The number of piperazine rings is 1. The maximum Gasteiger partial charge on any atom is 0.0192 e. The zero-order valence-corrected chi connectivity index (χ0v) is 13.7. The summed E-state index contributed by atoms with van der Waals surface area (Å²) in [5.41, 5.74) is 0.543. The molecule has 1 unspecified atom stereocenters. The molecule has 0 radical (unpaired) electrons. The molecule has 2 aliphatic heterocycles. The number of hydrogen-bond donors (Lipinski definition) is 0. The first-order valence-corrected chi connectivity index (χ1v) is 8.06. The molecule has 3 heteroatoms. The molecule has 0 amide bonds. The molecule has 0 spiro atoms. The zero-order valence-electron chi connectivity index (χ0n) is 13.7. The highest BCUT2D eigenvalue weighted by atomic mass is 15.3. The van der Waals surface area contributed by atoms with Crippen molar-refractivity contribution in [2.75, 3.05) is 46.3 Å². The highest BCUT2D eigenvalue weighted by Crippen LogP contribution is 2.33. The molecule has 0 bridgehead atoms. The zero-order chi connectivity index (χ0) is 14.0. The van der Waals surface area contributed by atoms with Crippen molar-refractivity contribution in [1.29, 1.82) is 0 Å². The minimum Gasteiger partial charge on any atom is -0.301 e. The lowest BCUT2D eigenvalue weighted by atomic mass is 9.79. The standard InChI is InChI=1S/C16H33N3/c1-14(2)19-8-6-16(4,7-9-19)13-18-11-10-17(5)15(3)12-18/h14-15H,6-13H2,1-5H3. The quantitative estimate of drug-likeness (QED) is 0.775. The third-order valence-electron chi connectivity index (χ3n) is 5.38. The largest absolute Gasteiger partial charge is 0.301 e. The minimum atomic E-state index is 0.543. The number of rotatable bonds is 3. The molecule has 112 valence electrons. The average Bonchev–Trinajstić information content (AvgIpc) is 2.34. The van der Waals surface area contributed by atoms with Crippen LogP contribution in [0.25, 0.3) is 0 Å². The summed E-state index contributed by atoms with van der Waals surface area (Å²) in [6.07, 6.45) is 2.73. The molecule has 0 saturated carbocycles. The van der Waals surface area contributed by atoms with E-state index in [1.165, 1.54) is 52.1 Å². The maximum absolute atomic E-state index is 2.70. The van der Waals surface area contributed by atoms with Crippen molar-refractivity contribution >= 4 is 0 Å². The van der Waals surface area contributed by atoms with Crippen LogP contribution >= 0.6 is 0 Å². The molecule has 1 atom stereocenters. The van der Waals surface area contributed by atoms with E-state index in [1.54, 1.807) is 0 Å². The molecule has 2 aliphatic rings. The fourth-order valence-electron chi connectivity index (χ4n) is 3.55. The highest BCUT2D eigenvalue weighted by molar-refractivity contribution is 4.88. The minimum absolute atomic E-state index is 0.543. The lowest BCUT2D eigenvalue weighted by Gasteiger charge is -2.46. The van der Waals surface area contributed by atoms with E-state index in [0.29, 0.717) is 17.5 Å². The third kappa shape index (κ3) is 3.93. The second-order valence-corrected chi connectivity index (χ2v) is 7.51. The van der Waals surface area contributed by atoms with Crippen molar-refractivity contribution < 1.29 is 0 Å². The first-order valence-electron chi connectivity index (χ1n) is 8.06. The van der Waals surface area contributed by atoms with Crippen molar-refractivity contribution in [3.05, 3.63) is 0 Å². The topological polar surface area (TPSA) is 9.72 Å². The van der Waals surface area contributed by atoms with Crippen molar-refractivity contribution in [2.45, 2.75) is 52.6 Å². The Morgan fingerprint density at radius 1 is 1.11 bits per heavy atom. The average molecular weight is 267 g/mol. The number of hydrogen-bond acceptors (Lipinski definition) is 3. The lowest BCUT2D eigenvalue weighted by molar-refractivity contribution is 0.0306. The van der Waals surface area contributed by atoms with E-state index >= 15 is 0 Å². The van der Waals surface area contributed by atoms with Crippen molar-refractivity contribution in [3.8, 4) is 0 Å². The van der Waals surface area contributed by atoms with Gasteiger partial charge in [0.15, 0.2) is 0 Å². The Morgan fingerprint density at radius 3 is 2.26 bits per heavy atom. The van der Waals surface area contributed by atoms with Crippen molar-refractivity contribution in [3.63, 3.8) is 0 Å². The third-order valence-corrected chi connectivity index (χ3v) is 5.38. The van der Waals surface area contributed by atoms with E-state index in [1.807, 2.05) is 0 Å². The van der Waals surface area contributed by atoms with Gasteiger partial charge in [0.2, 0.25) is 0 Å². The fraction of sp³-hybridized carbons (Fsp3) is 1.00. The summed E-state index contributed by atoms with van der Waals surface area (Å²) < 4.78 is 0. The first kappa shape index (κ1) is 15.3. The van der Waals surface area contributed by atoms with Gasteiger partial charge in [0, 0.05) is 38.3 Å². The molecule has 0 aromatic heterocycles. The molecular formula is C16H33N3. The monoisotopic (exact) mass is 267 g/mol. The van der Waals surface area contributed by atoms with Crippen LogP contribution in [0.3, 0.4) is 0 Å². The van der Waals surface area contributed by atoms with E-state index < -0.39 is 0 Å². The van der Waals surface area contributed by atoms with Crippen LogP contribution in [0.2, 0.25) is 0 Å². The molecule has 0 aromatic carbocycles. The number of piperidine rings is 1. The van der Waals surface area contributed by atoms with Crippen molar-refractivity contribution in [2.24, 2.45) is 5.41 Å². The van der Waals surface area contributed by atoms with E-state index in [9.17, 15) is 0 Å². The smallest absolute Gasteiger partial charge is 0.0192 e. The van der Waals surface area contributed by atoms with E-state index in [4.69, 9.17) is 0 Å². The van der Waals surface area contributed by atoms with Crippen LogP contribution in [0.1, 0.15) is 40.5 Å². The van der Waals surface area contributed by atoms with Gasteiger partial charge in [-0.05, 0) is 59.2 Å². The maximum atomic E-state index is 2.70. The predicted molar refractivity (Wildman–Crippen MR) is 82.6 cm³/mol. The number of nitrogens with zero attached hydrogens (tertiary/aromatic N) is 3. The van der Waals surface area contributed by atoms with Gasteiger partial charge in [-0.15, -0.1) is 0 Å². The summed E-state index contributed by atoms with van der Waals surface area (Å²) in [4.78, 5) is 7.82. The molecule has 2 heterocycles. The predicted octanol–water partition coefficient (Wildman–Crippen LogP) is 2.13. The summed E-state index contributed by atoms with van der Waals surface area (Å²) in [6.45, 7) is 17.1. The normalized spacial score (nSPS) is 30.9. The molecule has 19 heavy (non-hydrogen) atoms. The highest BCUT2D eigenvalue weighted by Gasteiger charge is 2.34. The molecule has 0 aliphatic carbocycles. The lowest BCUT2D eigenvalue weighted by Crippen LogP contribution is -2.54. The van der Waals surface area contributed by atoms with Crippen LogP contribution in [-0.4, -0.2) is 73.1 Å². The molecular weight excluding hydrogens is 234 g/mol. The molecule has 3 nitrogen and oxygen atoms in total. The van der Waals surface area contributed by atoms with Gasteiger partial charge in [-0.1, -0.05) is 6.92 Å². The van der Waals surface area contributed by atoms with Gasteiger partial charge in [0.25, 0.3) is 0 Å². The Morgan fingerprint density at radius 2 is 1.74 bits per heavy atom. The summed E-state index contributed by atoms with van der Waals surface area (Å²) in [6, 6.07) is 1.43. The Bertz CT molecular complexity index is 282.